The Kier molecular flexibility index (Phi) is 9.45. The van der Waals surface area contributed by atoms with E-state index in [1.165, 1.54) is 0 Å². The van der Waals surface area contributed by atoms with Crippen LogP contribution in [0, 0.1) is 12.3 Å². The fourth-order valence-electron chi connectivity index (χ4n) is 2.35. The molecule has 0 N–H and O–H groups in total. The molecule has 28 heavy (non-hydrogen) atoms. The molecule has 1 rings (SSSR count). The first-order valence-corrected chi connectivity index (χ1v) is 9.20. The number of rotatable bonds is 9. The van der Waals surface area contributed by atoms with E-state index in [2.05, 4.69) is 5.92 Å². The van der Waals surface area contributed by atoms with Gasteiger partial charge < -0.3 is 23.7 Å². The van der Waals surface area contributed by atoms with Crippen molar-refractivity contribution in [3.05, 3.63) is 0 Å². The molecule has 0 spiro atoms. The fourth-order valence-corrected chi connectivity index (χ4v) is 2.35. The van der Waals surface area contributed by atoms with E-state index in [-0.39, 0.29) is 25.7 Å². The maximum Gasteiger partial charge on any atom is 0.307 e. The highest BCUT2D eigenvalue weighted by atomic mass is 16.8. The second kappa shape index (κ2) is 11.3. The van der Waals surface area contributed by atoms with Gasteiger partial charge in [0, 0.05) is 25.7 Å². The van der Waals surface area contributed by atoms with Gasteiger partial charge in [-0.15, -0.1) is 6.42 Å². The molecule has 1 aliphatic heterocycles. The van der Waals surface area contributed by atoms with Crippen molar-refractivity contribution in [2.45, 2.75) is 84.1 Å². The second-order valence-corrected chi connectivity index (χ2v) is 5.86. The summed E-state index contributed by atoms with van der Waals surface area (Å²) in [5.41, 5.74) is 0. The molecule has 0 bridgehead atoms. The minimum absolute atomic E-state index is 0.0343. The molecular weight excluding hydrogens is 372 g/mol. The zero-order chi connectivity index (χ0) is 21.3. The maximum atomic E-state index is 11.9. The van der Waals surface area contributed by atoms with Crippen LogP contribution < -0.4 is 0 Å². The van der Waals surface area contributed by atoms with E-state index in [1.54, 1.807) is 27.7 Å². The van der Waals surface area contributed by atoms with Gasteiger partial charge in [0.15, 0.2) is 18.3 Å². The van der Waals surface area contributed by atoms with E-state index < -0.39 is 54.6 Å². The SMILES string of the molecule is C#C[C@H](OC(=O)CC)[C@H]1OC(OC(=O)CC)[C@@H](OC(=O)CC)[C@@H]1OC(=O)CC. The third-order valence-corrected chi connectivity index (χ3v) is 3.87. The van der Waals surface area contributed by atoms with Crippen LogP contribution in [0.25, 0.3) is 0 Å². The number of hydrogen-bond acceptors (Lipinski definition) is 9. The van der Waals surface area contributed by atoms with Crippen molar-refractivity contribution < 1.29 is 42.9 Å². The summed E-state index contributed by atoms with van der Waals surface area (Å²) in [6, 6.07) is 0. The van der Waals surface area contributed by atoms with E-state index in [0.29, 0.717) is 0 Å². The summed E-state index contributed by atoms with van der Waals surface area (Å²) in [4.78, 5) is 47.2. The summed E-state index contributed by atoms with van der Waals surface area (Å²) < 4.78 is 26.6. The van der Waals surface area contributed by atoms with E-state index >= 15 is 0 Å². The summed E-state index contributed by atoms with van der Waals surface area (Å²) in [6.07, 6.45) is -0.614. The molecule has 5 atom stereocenters. The first-order chi connectivity index (χ1) is 13.3. The van der Waals surface area contributed by atoms with E-state index in [4.69, 9.17) is 30.1 Å². The van der Waals surface area contributed by atoms with Crippen LogP contribution in [0.1, 0.15) is 53.4 Å². The van der Waals surface area contributed by atoms with Gasteiger partial charge in [-0.05, 0) is 0 Å². The van der Waals surface area contributed by atoms with Crippen molar-refractivity contribution in [2.24, 2.45) is 0 Å². The first-order valence-electron chi connectivity index (χ1n) is 9.20. The Labute approximate surface area is 164 Å². The minimum atomic E-state index is -1.36. The summed E-state index contributed by atoms with van der Waals surface area (Å²) in [6.45, 7) is 6.30. The van der Waals surface area contributed by atoms with Crippen molar-refractivity contribution in [3.63, 3.8) is 0 Å². The predicted molar refractivity (Wildman–Crippen MR) is 94.4 cm³/mol. The number of terminal acetylenes is 1. The van der Waals surface area contributed by atoms with Crippen LogP contribution in [0.4, 0.5) is 0 Å². The Hall–Kier alpha value is -2.60. The lowest BCUT2D eigenvalue weighted by Crippen LogP contribution is -2.45. The van der Waals surface area contributed by atoms with Gasteiger partial charge in [0.1, 0.15) is 0 Å². The van der Waals surface area contributed by atoms with Gasteiger partial charge in [0.2, 0.25) is 12.4 Å². The Balaban J connectivity index is 3.23. The molecule has 9 heteroatoms. The predicted octanol–water partition coefficient (Wildman–Crippen LogP) is 1.26. The van der Waals surface area contributed by atoms with Gasteiger partial charge in [0.25, 0.3) is 0 Å². The minimum Gasteiger partial charge on any atom is -0.455 e. The molecule has 1 heterocycles. The smallest absolute Gasteiger partial charge is 0.307 e. The summed E-state index contributed by atoms with van der Waals surface area (Å²) in [7, 11) is 0. The molecule has 1 saturated heterocycles. The molecule has 1 unspecified atom stereocenters. The standard InChI is InChI=1S/C19H26O9/c1-6-11(24-12(20)7-2)16-17(25-13(21)8-3)18(26-14(22)9-4)19(28-16)27-15(23)10-5/h1,11,16-19H,7-10H2,2-5H3/t11-,16+,17+,18-,19?/m0/s1. The lowest BCUT2D eigenvalue weighted by molar-refractivity contribution is -0.201. The molecule has 0 amide bonds. The van der Waals surface area contributed by atoms with Crippen molar-refractivity contribution in [2.75, 3.05) is 0 Å². The average molecular weight is 398 g/mol. The van der Waals surface area contributed by atoms with Crippen molar-refractivity contribution in [1.29, 1.82) is 0 Å². The highest BCUT2D eigenvalue weighted by Crippen LogP contribution is 2.31. The topological polar surface area (TPSA) is 114 Å². The van der Waals surface area contributed by atoms with Crippen LogP contribution in [0.2, 0.25) is 0 Å². The maximum absolute atomic E-state index is 11.9. The van der Waals surface area contributed by atoms with E-state index in [9.17, 15) is 19.2 Å². The fraction of sp³-hybridized carbons (Fsp3) is 0.684. The molecule has 1 fully saturated rings. The largest absolute Gasteiger partial charge is 0.455 e. The molecule has 156 valence electrons. The highest BCUT2D eigenvalue weighted by Gasteiger charge is 2.54. The lowest BCUT2D eigenvalue weighted by atomic mass is 10.1. The van der Waals surface area contributed by atoms with Crippen LogP contribution >= 0.6 is 0 Å². The quantitative estimate of drug-likeness (QED) is 0.322. The Bertz CT molecular complexity index is 621. The van der Waals surface area contributed by atoms with Gasteiger partial charge >= 0.3 is 23.9 Å². The van der Waals surface area contributed by atoms with Crippen LogP contribution in [0.3, 0.4) is 0 Å². The van der Waals surface area contributed by atoms with E-state index in [0.717, 1.165) is 0 Å². The molecule has 0 aromatic rings. The number of ether oxygens (including phenoxy) is 5. The second-order valence-electron chi connectivity index (χ2n) is 5.86. The molecular formula is C19H26O9. The number of esters is 4. The molecule has 0 aliphatic carbocycles. The zero-order valence-electron chi connectivity index (χ0n) is 16.5. The van der Waals surface area contributed by atoms with Gasteiger partial charge in [-0.3, -0.25) is 19.2 Å². The van der Waals surface area contributed by atoms with Crippen LogP contribution in [0.5, 0.6) is 0 Å². The van der Waals surface area contributed by atoms with E-state index in [1.807, 2.05) is 0 Å². The van der Waals surface area contributed by atoms with Crippen LogP contribution in [0.15, 0.2) is 0 Å². The van der Waals surface area contributed by atoms with Crippen molar-refractivity contribution in [3.8, 4) is 12.3 Å². The normalized spacial score (nSPS) is 24.5. The highest BCUT2D eigenvalue weighted by molar-refractivity contribution is 5.71. The zero-order valence-corrected chi connectivity index (χ0v) is 16.5. The molecule has 1 aliphatic rings. The first kappa shape index (κ1) is 23.4. The number of carbonyl (C=O) groups is 4. The molecule has 0 aromatic heterocycles. The van der Waals surface area contributed by atoms with Gasteiger partial charge in [0.05, 0.1) is 0 Å². The molecule has 0 aromatic carbocycles. The summed E-state index contributed by atoms with van der Waals surface area (Å²) >= 11 is 0. The Morgan fingerprint density at radius 2 is 1.29 bits per heavy atom. The molecule has 9 nitrogen and oxygen atoms in total. The number of carbonyl (C=O) groups excluding carboxylic acids is 4. The Morgan fingerprint density at radius 3 is 1.75 bits per heavy atom. The van der Waals surface area contributed by atoms with Crippen LogP contribution in [-0.4, -0.2) is 54.6 Å². The van der Waals surface area contributed by atoms with Crippen molar-refractivity contribution >= 4 is 23.9 Å². The molecule has 0 radical (unpaired) electrons. The number of hydrogen-bond donors (Lipinski definition) is 0. The molecule has 0 saturated carbocycles. The van der Waals surface area contributed by atoms with Gasteiger partial charge in [-0.25, -0.2) is 0 Å². The van der Waals surface area contributed by atoms with Gasteiger partial charge in [-0.2, -0.15) is 0 Å². The van der Waals surface area contributed by atoms with Gasteiger partial charge in [-0.1, -0.05) is 33.6 Å². The monoisotopic (exact) mass is 398 g/mol. The van der Waals surface area contributed by atoms with Crippen LogP contribution in [-0.2, 0) is 42.9 Å². The lowest BCUT2D eigenvalue weighted by Gasteiger charge is -2.25. The Morgan fingerprint density at radius 1 is 0.821 bits per heavy atom. The third kappa shape index (κ3) is 6.23. The third-order valence-electron chi connectivity index (χ3n) is 3.87. The summed E-state index contributed by atoms with van der Waals surface area (Å²) in [5.74, 6) is -0.180. The summed E-state index contributed by atoms with van der Waals surface area (Å²) in [5, 5.41) is 0. The van der Waals surface area contributed by atoms with Crippen molar-refractivity contribution in [1.82, 2.24) is 0 Å². The average Bonchev–Trinajstić information content (AvgIpc) is 3.01.